The average molecular weight is 554 g/mol. The molecular formula is C31H33F2NO6. The van der Waals surface area contributed by atoms with E-state index in [4.69, 9.17) is 9.47 Å². The summed E-state index contributed by atoms with van der Waals surface area (Å²) in [6, 6.07) is 7.65. The minimum absolute atomic E-state index is 0.0456. The van der Waals surface area contributed by atoms with Crippen LogP contribution >= 0.6 is 0 Å². The number of ether oxygens (including phenoxy) is 2. The van der Waals surface area contributed by atoms with Crippen molar-refractivity contribution in [1.82, 2.24) is 4.57 Å². The summed E-state index contributed by atoms with van der Waals surface area (Å²) in [7, 11) is 1.92. The number of carbonyl (C=O) groups excluding carboxylic acids is 2. The Morgan fingerprint density at radius 1 is 1.20 bits per heavy atom. The third-order valence-electron chi connectivity index (χ3n) is 11.1. The number of aliphatic hydroxyl groups excluding tert-OH is 2. The fraction of sp³-hybridized carbons (Fsp3) is 0.548. The molecule has 0 amide bonds. The van der Waals surface area contributed by atoms with Crippen LogP contribution in [0.25, 0.3) is 10.9 Å². The molecule has 4 aliphatic carbocycles. The Bertz CT molecular complexity index is 1520. The van der Waals surface area contributed by atoms with E-state index < -0.39 is 76.8 Å². The number of hydrogen-bond acceptors (Lipinski definition) is 6. The van der Waals surface area contributed by atoms with E-state index in [0.717, 1.165) is 22.5 Å². The van der Waals surface area contributed by atoms with E-state index in [2.05, 4.69) is 0 Å². The molecule has 9 heteroatoms. The first-order valence-electron chi connectivity index (χ1n) is 13.9. The van der Waals surface area contributed by atoms with E-state index in [1.165, 1.54) is 12.2 Å². The number of rotatable bonds is 3. The van der Waals surface area contributed by atoms with E-state index in [1.54, 1.807) is 13.8 Å². The van der Waals surface area contributed by atoms with E-state index in [1.807, 2.05) is 42.1 Å². The molecule has 1 aromatic carbocycles. The molecule has 40 heavy (non-hydrogen) atoms. The van der Waals surface area contributed by atoms with Crippen molar-refractivity contribution in [2.45, 2.75) is 69.0 Å². The SMILES string of the molecule is Cn1ccc2c([C@@H]3O[C@@H]4C[C@H]5[C@@H]6C[C@H](F)C7=CC(=O)C=C[C@]7(C)[C@@]6(F)[C@@H](O)C[C@]5(C)[C@]4(C(=O)CO)O3)cccc21. The van der Waals surface area contributed by atoms with Gasteiger partial charge in [0.2, 0.25) is 0 Å². The predicted molar refractivity (Wildman–Crippen MR) is 140 cm³/mol. The highest BCUT2D eigenvalue weighted by Gasteiger charge is 2.80. The monoisotopic (exact) mass is 553 g/mol. The molecule has 7 nitrogen and oxygen atoms in total. The lowest BCUT2D eigenvalue weighted by Gasteiger charge is -2.63. The number of benzene rings is 1. The van der Waals surface area contributed by atoms with Gasteiger partial charge in [-0.15, -0.1) is 0 Å². The maximum Gasteiger partial charge on any atom is 0.193 e. The molecule has 2 heterocycles. The van der Waals surface area contributed by atoms with Gasteiger partial charge in [0, 0.05) is 46.5 Å². The van der Waals surface area contributed by atoms with E-state index >= 15 is 8.78 Å². The van der Waals surface area contributed by atoms with Crippen LogP contribution in [0.4, 0.5) is 8.78 Å². The number of carbonyl (C=O) groups is 2. The lowest BCUT2D eigenvalue weighted by molar-refractivity contribution is -0.235. The van der Waals surface area contributed by atoms with Gasteiger partial charge in [0.1, 0.15) is 12.8 Å². The number of alkyl halides is 2. The van der Waals surface area contributed by atoms with Gasteiger partial charge in [-0.25, -0.2) is 8.78 Å². The number of ketones is 2. The molecule has 0 bridgehead atoms. The fourth-order valence-electron chi connectivity index (χ4n) is 9.24. The van der Waals surface area contributed by atoms with E-state index in [0.29, 0.717) is 0 Å². The standard InChI is InChI=1S/C31H33F2NO6/c1-28-9-7-16(36)11-21(28)22(32)12-20-19-13-26-31(25(38)15-35,29(19,2)14-24(37)30(20,28)33)40-27(39-26)18-5-4-6-23-17(18)8-10-34(23)3/h4-11,19-20,22,24,26-27,35,37H,12-15H2,1-3H3/t19-,20-,22-,24-,26+,27+,28-,29-,30-,31+/m0/s1. The van der Waals surface area contributed by atoms with Crippen LogP contribution in [0.2, 0.25) is 0 Å². The number of halogens is 2. The van der Waals surface area contributed by atoms with Crippen LogP contribution in [0.3, 0.4) is 0 Å². The number of aryl methyl sites for hydroxylation is 1. The number of Topliss-reactive ketones (excluding diaryl/α,β-unsaturated/α-hetero) is 1. The third-order valence-corrected chi connectivity index (χ3v) is 11.1. The highest BCUT2D eigenvalue weighted by Crippen LogP contribution is 2.72. The molecule has 0 radical (unpaired) electrons. The zero-order valence-electron chi connectivity index (χ0n) is 22.6. The minimum Gasteiger partial charge on any atom is -0.390 e. The lowest BCUT2D eigenvalue weighted by Crippen LogP contribution is -2.70. The highest BCUT2D eigenvalue weighted by atomic mass is 19.1. The van der Waals surface area contributed by atoms with Crippen molar-refractivity contribution in [1.29, 1.82) is 0 Å². The Morgan fingerprint density at radius 3 is 2.73 bits per heavy atom. The normalized spacial score (nSPS) is 45.6. The number of hydrogen-bond donors (Lipinski definition) is 2. The van der Waals surface area contributed by atoms with Gasteiger partial charge in [-0.1, -0.05) is 25.1 Å². The Balaban J connectivity index is 1.33. The largest absolute Gasteiger partial charge is 0.390 e. The number of aromatic nitrogens is 1. The molecule has 0 unspecified atom stereocenters. The first-order chi connectivity index (χ1) is 18.9. The molecule has 5 aliphatic rings. The van der Waals surface area contributed by atoms with Gasteiger partial charge in [0.25, 0.3) is 0 Å². The summed E-state index contributed by atoms with van der Waals surface area (Å²) < 4.78 is 48.3. The quantitative estimate of drug-likeness (QED) is 0.600. The first-order valence-corrected chi connectivity index (χ1v) is 13.9. The smallest absolute Gasteiger partial charge is 0.193 e. The topological polar surface area (TPSA) is 98.0 Å². The molecule has 3 saturated carbocycles. The molecule has 7 rings (SSSR count). The maximum absolute atomic E-state index is 17.5. The number of nitrogens with zero attached hydrogens (tertiary/aromatic N) is 1. The zero-order chi connectivity index (χ0) is 28.4. The van der Waals surface area contributed by atoms with Crippen molar-refractivity contribution < 1.29 is 38.1 Å². The predicted octanol–water partition coefficient (Wildman–Crippen LogP) is 3.82. The fourth-order valence-corrected chi connectivity index (χ4v) is 9.24. The molecule has 212 valence electrons. The summed E-state index contributed by atoms with van der Waals surface area (Å²) >= 11 is 0. The molecule has 1 aliphatic heterocycles. The van der Waals surface area contributed by atoms with Crippen molar-refractivity contribution in [2.24, 2.45) is 29.7 Å². The van der Waals surface area contributed by atoms with Crippen molar-refractivity contribution in [2.75, 3.05) is 6.61 Å². The second kappa shape index (κ2) is 8.18. The van der Waals surface area contributed by atoms with Gasteiger partial charge in [0.05, 0.1) is 12.2 Å². The summed E-state index contributed by atoms with van der Waals surface area (Å²) in [6.07, 6.45) is 0.606. The van der Waals surface area contributed by atoms with Gasteiger partial charge in [-0.3, -0.25) is 9.59 Å². The van der Waals surface area contributed by atoms with Crippen LogP contribution in [0.5, 0.6) is 0 Å². The van der Waals surface area contributed by atoms with Crippen molar-refractivity contribution in [3.8, 4) is 0 Å². The third kappa shape index (κ3) is 2.87. The summed E-state index contributed by atoms with van der Waals surface area (Å²) in [5.74, 6) is -2.56. The molecule has 0 spiro atoms. The van der Waals surface area contributed by atoms with Crippen LogP contribution < -0.4 is 0 Å². The van der Waals surface area contributed by atoms with Crippen molar-refractivity contribution in [3.05, 3.63) is 59.8 Å². The number of allylic oxidation sites excluding steroid dienone is 4. The van der Waals surface area contributed by atoms with Gasteiger partial charge >= 0.3 is 0 Å². The Morgan fingerprint density at radius 2 is 1.98 bits per heavy atom. The second-order valence-corrected chi connectivity index (χ2v) is 12.7. The minimum atomic E-state index is -2.28. The zero-order valence-corrected chi connectivity index (χ0v) is 22.6. The maximum atomic E-state index is 17.5. The molecule has 4 fully saturated rings. The van der Waals surface area contributed by atoms with E-state index in [9.17, 15) is 19.8 Å². The number of fused-ring (bicyclic) bond motifs is 8. The van der Waals surface area contributed by atoms with Gasteiger partial charge in [-0.2, -0.15) is 0 Å². The molecule has 2 N–H and O–H groups in total. The summed E-state index contributed by atoms with van der Waals surface area (Å²) in [5.41, 5.74) is -4.88. The average Bonchev–Trinajstić information content (AvgIpc) is 3.57. The summed E-state index contributed by atoms with van der Waals surface area (Å²) in [5, 5.41) is 22.7. The molecule has 1 saturated heterocycles. The molecule has 1 aromatic heterocycles. The van der Waals surface area contributed by atoms with Crippen LogP contribution in [0, 0.1) is 22.7 Å². The van der Waals surface area contributed by atoms with Crippen LogP contribution in [-0.4, -0.2) is 62.6 Å². The molecule has 2 aromatic rings. The van der Waals surface area contributed by atoms with E-state index in [-0.39, 0.29) is 24.8 Å². The van der Waals surface area contributed by atoms with Gasteiger partial charge in [-0.05, 0) is 62.0 Å². The molecular weight excluding hydrogens is 520 g/mol. The van der Waals surface area contributed by atoms with Crippen LogP contribution in [-0.2, 0) is 26.1 Å². The number of aliphatic hydroxyl groups is 2. The molecule has 10 atom stereocenters. The van der Waals surface area contributed by atoms with Crippen molar-refractivity contribution >= 4 is 22.5 Å². The highest BCUT2D eigenvalue weighted by molar-refractivity contribution is 6.01. The Kier molecular flexibility index (Phi) is 5.36. The Labute approximate surface area is 230 Å². The van der Waals surface area contributed by atoms with Gasteiger partial charge < -0.3 is 24.3 Å². The van der Waals surface area contributed by atoms with Gasteiger partial charge in [0.15, 0.2) is 29.1 Å². The summed E-state index contributed by atoms with van der Waals surface area (Å²) in [4.78, 5) is 25.8. The first kappa shape index (κ1) is 26.2. The lowest BCUT2D eigenvalue weighted by atomic mass is 9.44. The summed E-state index contributed by atoms with van der Waals surface area (Å²) in [6.45, 7) is 2.51. The van der Waals surface area contributed by atoms with Crippen LogP contribution in [0.1, 0.15) is 45.0 Å². The Hall–Kier alpha value is -2.72. The van der Waals surface area contributed by atoms with Crippen molar-refractivity contribution in [3.63, 3.8) is 0 Å². The van der Waals surface area contributed by atoms with Crippen LogP contribution in [0.15, 0.2) is 54.3 Å². The second-order valence-electron chi connectivity index (χ2n) is 12.7.